The van der Waals surface area contributed by atoms with Crippen LogP contribution < -0.4 is 5.32 Å². The van der Waals surface area contributed by atoms with Gasteiger partial charge in [-0.05, 0) is 49.9 Å². The average Bonchev–Trinajstić information content (AvgIpc) is 3.59. The lowest BCUT2D eigenvalue weighted by atomic mass is 10.1. The lowest BCUT2D eigenvalue weighted by Crippen LogP contribution is -2.32. The number of hydrogen-bond acceptors (Lipinski definition) is 6. The molecular weight excluding hydrogens is 459 g/mol. The maximum absolute atomic E-state index is 13.2. The van der Waals surface area contributed by atoms with Crippen LogP contribution in [0.2, 0.25) is 0 Å². The number of nitrogens with zero attached hydrogens (tertiary/aromatic N) is 6. The quantitative estimate of drug-likeness (QED) is 0.570. The third kappa shape index (κ3) is 4.98. The fourth-order valence-corrected chi connectivity index (χ4v) is 3.82. The number of carbonyl (C=O) groups excluding carboxylic acids is 1. The van der Waals surface area contributed by atoms with Gasteiger partial charge in [-0.3, -0.25) is 14.8 Å². The lowest BCUT2D eigenvalue weighted by molar-refractivity contribution is -0.163. The van der Waals surface area contributed by atoms with E-state index in [4.69, 9.17) is 0 Å². The van der Waals surface area contributed by atoms with Crippen molar-refractivity contribution in [2.75, 3.05) is 0 Å². The summed E-state index contributed by atoms with van der Waals surface area (Å²) in [6.07, 6.45) is 4.84. The maximum Gasteiger partial charge on any atom is 0.408 e. The SMILES string of the molecule is CC(n1cnnc1C1=CCCC(NC(=O)c2cc(-c3ccc(C4CC4)nc3)ccn2)=N1)C(F)(F)F. The summed E-state index contributed by atoms with van der Waals surface area (Å²) in [4.78, 5) is 25.9. The number of carbonyl (C=O) groups is 1. The molecule has 3 aromatic rings. The van der Waals surface area contributed by atoms with Crippen LogP contribution in [0.1, 0.15) is 66.6 Å². The molecule has 1 aliphatic heterocycles. The number of halogens is 3. The second-order valence-electron chi connectivity index (χ2n) is 8.60. The molecule has 5 rings (SSSR count). The van der Waals surface area contributed by atoms with E-state index in [0.29, 0.717) is 24.6 Å². The Morgan fingerprint density at radius 2 is 2.00 bits per heavy atom. The first-order valence-corrected chi connectivity index (χ1v) is 11.3. The van der Waals surface area contributed by atoms with Crippen LogP contribution in [0, 0.1) is 0 Å². The molecule has 0 aromatic carbocycles. The van der Waals surface area contributed by atoms with Gasteiger partial charge in [0.15, 0.2) is 5.82 Å². The van der Waals surface area contributed by atoms with Crippen LogP contribution in [-0.4, -0.2) is 42.7 Å². The number of hydrogen-bond donors (Lipinski definition) is 1. The number of amides is 1. The summed E-state index contributed by atoms with van der Waals surface area (Å²) in [5, 5.41) is 10.2. The first-order valence-electron chi connectivity index (χ1n) is 11.3. The van der Waals surface area contributed by atoms with Gasteiger partial charge in [0.25, 0.3) is 5.91 Å². The summed E-state index contributed by atoms with van der Waals surface area (Å²) in [7, 11) is 0. The van der Waals surface area contributed by atoms with Gasteiger partial charge in [0.2, 0.25) is 0 Å². The van der Waals surface area contributed by atoms with Crippen LogP contribution in [0.25, 0.3) is 16.8 Å². The largest absolute Gasteiger partial charge is 0.408 e. The Balaban J connectivity index is 1.32. The summed E-state index contributed by atoms with van der Waals surface area (Å²) in [5.41, 5.74) is 3.19. The fraction of sp³-hybridized carbons (Fsp3) is 0.333. The Bertz CT molecular complexity index is 1310. The minimum absolute atomic E-state index is 0.0106. The number of rotatable bonds is 5. The Morgan fingerprint density at radius 1 is 1.17 bits per heavy atom. The highest BCUT2D eigenvalue weighted by Gasteiger charge is 2.39. The molecule has 1 aliphatic carbocycles. The summed E-state index contributed by atoms with van der Waals surface area (Å²) < 4.78 is 40.6. The van der Waals surface area contributed by atoms with Gasteiger partial charge < -0.3 is 9.88 Å². The summed E-state index contributed by atoms with van der Waals surface area (Å²) in [5.74, 6) is 0.413. The zero-order valence-electron chi connectivity index (χ0n) is 18.8. The van der Waals surface area contributed by atoms with Gasteiger partial charge in [-0.1, -0.05) is 12.1 Å². The van der Waals surface area contributed by atoms with Crippen LogP contribution in [0.15, 0.2) is 54.1 Å². The van der Waals surface area contributed by atoms with Crippen LogP contribution in [-0.2, 0) is 0 Å². The molecule has 180 valence electrons. The van der Waals surface area contributed by atoms with Crippen LogP contribution in [0.5, 0.6) is 0 Å². The zero-order valence-corrected chi connectivity index (χ0v) is 18.8. The summed E-state index contributed by atoms with van der Waals surface area (Å²) in [6, 6.07) is 5.65. The van der Waals surface area contributed by atoms with Crippen molar-refractivity contribution in [3.8, 4) is 11.1 Å². The second-order valence-corrected chi connectivity index (χ2v) is 8.60. The van der Waals surface area contributed by atoms with E-state index in [2.05, 4.69) is 30.5 Å². The van der Waals surface area contributed by atoms with Crippen molar-refractivity contribution in [1.29, 1.82) is 0 Å². The third-order valence-electron chi connectivity index (χ3n) is 6.03. The van der Waals surface area contributed by atoms with E-state index in [1.165, 1.54) is 12.8 Å². The van der Waals surface area contributed by atoms with Gasteiger partial charge in [0.1, 0.15) is 29.6 Å². The number of aliphatic imine (C=N–C) groups is 1. The molecule has 2 aliphatic rings. The number of allylic oxidation sites excluding steroid dienone is 1. The Labute approximate surface area is 199 Å². The van der Waals surface area contributed by atoms with E-state index in [9.17, 15) is 18.0 Å². The molecule has 0 spiro atoms. The van der Waals surface area contributed by atoms with Gasteiger partial charge in [0, 0.05) is 36.0 Å². The van der Waals surface area contributed by atoms with Crippen molar-refractivity contribution in [1.82, 2.24) is 30.0 Å². The van der Waals surface area contributed by atoms with Crippen LogP contribution >= 0.6 is 0 Å². The van der Waals surface area contributed by atoms with Gasteiger partial charge in [-0.25, -0.2) is 4.99 Å². The third-order valence-corrected chi connectivity index (χ3v) is 6.03. The molecular formula is C24H22F3N7O. The number of nitrogens with one attached hydrogen (secondary N) is 1. The van der Waals surface area contributed by atoms with Crippen molar-refractivity contribution in [3.63, 3.8) is 0 Å². The molecule has 0 bridgehead atoms. The van der Waals surface area contributed by atoms with Gasteiger partial charge >= 0.3 is 6.18 Å². The van der Waals surface area contributed by atoms with E-state index in [0.717, 1.165) is 34.6 Å². The molecule has 1 atom stereocenters. The van der Waals surface area contributed by atoms with Crippen molar-refractivity contribution < 1.29 is 18.0 Å². The molecule has 11 heteroatoms. The van der Waals surface area contributed by atoms with Crippen molar-refractivity contribution in [2.45, 2.75) is 50.7 Å². The van der Waals surface area contributed by atoms with E-state index >= 15 is 0 Å². The Hall–Kier alpha value is -3.89. The van der Waals surface area contributed by atoms with E-state index in [-0.39, 0.29) is 17.2 Å². The predicted octanol–water partition coefficient (Wildman–Crippen LogP) is 4.70. The van der Waals surface area contributed by atoms with Crippen LogP contribution in [0.3, 0.4) is 0 Å². The average molecular weight is 481 g/mol. The molecule has 4 heterocycles. The van der Waals surface area contributed by atoms with E-state index in [1.807, 2.05) is 12.1 Å². The highest BCUT2D eigenvalue weighted by Crippen LogP contribution is 2.39. The normalized spacial score (nSPS) is 16.9. The molecule has 1 N–H and O–H groups in total. The summed E-state index contributed by atoms with van der Waals surface area (Å²) in [6.45, 7) is 1.02. The smallest absolute Gasteiger partial charge is 0.309 e. The monoisotopic (exact) mass is 481 g/mol. The molecule has 1 amide bonds. The number of amidine groups is 1. The van der Waals surface area contributed by atoms with Crippen molar-refractivity contribution in [3.05, 3.63) is 66.3 Å². The second kappa shape index (κ2) is 9.05. The molecule has 8 nitrogen and oxygen atoms in total. The van der Waals surface area contributed by atoms with E-state index < -0.39 is 18.1 Å². The highest BCUT2D eigenvalue weighted by molar-refractivity contribution is 6.07. The standard InChI is InChI=1S/C24H22F3N7O/c1-14(24(25,26)27)34-13-30-33-22(34)19-3-2-4-21(31-19)32-23(35)20-11-16(9-10-28-20)17-7-8-18(29-12-17)15-5-6-15/h3,7-15H,2,4-6H2,1H3,(H,31,32,35). The molecule has 1 fully saturated rings. The molecule has 0 radical (unpaired) electrons. The van der Waals surface area contributed by atoms with Gasteiger partial charge in [-0.2, -0.15) is 13.2 Å². The van der Waals surface area contributed by atoms with E-state index in [1.54, 1.807) is 30.6 Å². The first-order chi connectivity index (χ1) is 16.8. The minimum Gasteiger partial charge on any atom is -0.309 e. The minimum atomic E-state index is -4.46. The molecule has 3 aromatic heterocycles. The molecule has 1 unspecified atom stereocenters. The van der Waals surface area contributed by atoms with Gasteiger partial charge in [0.05, 0.1) is 0 Å². The number of alkyl halides is 3. The molecule has 0 saturated heterocycles. The van der Waals surface area contributed by atoms with Crippen LogP contribution in [0.4, 0.5) is 13.2 Å². The number of aromatic nitrogens is 5. The van der Waals surface area contributed by atoms with Gasteiger partial charge in [-0.15, -0.1) is 10.2 Å². The number of pyridine rings is 2. The molecule has 1 saturated carbocycles. The fourth-order valence-electron chi connectivity index (χ4n) is 3.82. The summed E-state index contributed by atoms with van der Waals surface area (Å²) >= 11 is 0. The van der Waals surface area contributed by atoms with Crippen molar-refractivity contribution >= 4 is 17.4 Å². The Morgan fingerprint density at radius 3 is 2.71 bits per heavy atom. The molecule has 35 heavy (non-hydrogen) atoms. The maximum atomic E-state index is 13.2. The first kappa shape index (κ1) is 22.9. The highest BCUT2D eigenvalue weighted by atomic mass is 19.4. The van der Waals surface area contributed by atoms with Crippen molar-refractivity contribution in [2.24, 2.45) is 4.99 Å². The lowest BCUT2D eigenvalue weighted by Gasteiger charge is -2.20. The topological polar surface area (TPSA) is 98.0 Å². The predicted molar refractivity (Wildman–Crippen MR) is 122 cm³/mol. The Kier molecular flexibility index (Phi) is 5.91. The zero-order chi connectivity index (χ0) is 24.6.